The molecule has 208 valence electrons. The first-order chi connectivity index (χ1) is 19.0. The second-order valence-corrected chi connectivity index (χ2v) is 9.95. The molecule has 0 amide bonds. The first-order valence-electron chi connectivity index (χ1n) is 12.7. The monoisotopic (exact) mass is 557 g/mol. The number of rotatable bonds is 7. The van der Waals surface area contributed by atoms with Crippen LogP contribution in [-0.4, -0.2) is 36.6 Å². The van der Waals surface area contributed by atoms with Crippen LogP contribution in [0.25, 0.3) is 22.8 Å². The molecule has 0 atom stereocenters. The van der Waals surface area contributed by atoms with Crippen molar-refractivity contribution in [2.75, 3.05) is 12.4 Å². The molecule has 0 spiro atoms. The van der Waals surface area contributed by atoms with Gasteiger partial charge in [-0.05, 0) is 24.8 Å². The number of aryl methyl sites for hydroxylation is 1. The van der Waals surface area contributed by atoms with Gasteiger partial charge in [-0.1, -0.05) is 24.3 Å². The van der Waals surface area contributed by atoms with Gasteiger partial charge in [-0.25, -0.2) is 24.9 Å². The number of anilines is 1. The molecule has 2 aliphatic rings. The van der Waals surface area contributed by atoms with E-state index in [1.807, 2.05) is 0 Å². The summed E-state index contributed by atoms with van der Waals surface area (Å²) >= 11 is 0. The second-order valence-electron chi connectivity index (χ2n) is 9.95. The molecular formula is C27H24F5N7O. The quantitative estimate of drug-likeness (QED) is 0.284. The summed E-state index contributed by atoms with van der Waals surface area (Å²) in [5, 5.41) is 3.17. The molecule has 0 bridgehead atoms. The predicted molar refractivity (Wildman–Crippen MR) is 135 cm³/mol. The summed E-state index contributed by atoms with van der Waals surface area (Å²) in [6.07, 6.45) is -0.627. The topological polar surface area (TPSA) is 90.6 Å². The molecule has 3 heterocycles. The molecule has 1 N–H and O–H groups in total. The van der Waals surface area contributed by atoms with E-state index in [9.17, 15) is 22.0 Å². The van der Waals surface area contributed by atoms with Crippen molar-refractivity contribution in [3.05, 3.63) is 65.0 Å². The van der Waals surface area contributed by atoms with E-state index in [4.69, 9.17) is 4.74 Å². The summed E-state index contributed by atoms with van der Waals surface area (Å²) < 4.78 is 75.7. The van der Waals surface area contributed by atoms with E-state index in [0.717, 1.165) is 24.6 Å². The van der Waals surface area contributed by atoms with Crippen LogP contribution in [0, 0.1) is 0 Å². The lowest BCUT2D eigenvalue weighted by Crippen LogP contribution is -2.14. The number of halogens is 5. The minimum atomic E-state index is -4.54. The molecular weight excluding hydrogens is 533 g/mol. The Labute approximate surface area is 225 Å². The molecule has 0 unspecified atom stereocenters. The molecule has 13 heteroatoms. The summed E-state index contributed by atoms with van der Waals surface area (Å²) in [7, 11) is 2.94. The molecule has 0 aliphatic heterocycles. The minimum Gasteiger partial charge on any atom is -0.480 e. The van der Waals surface area contributed by atoms with Gasteiger partial charge in [0.05, 0.1) is 12.8 Å². The fraction of sp³-hybridized carbons (Fsp3) is 0.370. The van der Waals surface area contributed by atoms with Crippen LogP contribution in [0.15, 0.2) is 36.8 Å². The number of ether oxygens (including phenoxy) is 1. The summed E-state index contributed by atoms with van der Waals surface area (Å²) in [5.41, 5.74) is 1.44. The smallest absolute Gasteiger partial charge is 0.434 e. The molecule has 4 aromatic rings. The molecule has 8 nitrogen and oxygen atoms in total. The average molecular weight is 558 g/mol. The lowest BCUT2D eigenvalue weighted by atomic mass is 10.1. The van der Waals surface area contributed by atoms with E-state index in [2.05, 4.69) is 30.2 Å². The van der Waals surface area contributed by atoms with Gasteiger partial charge in [0.25, 0.3) is 5.92 Å². The third kappa shape index (κ3) is 4.73. The molecule has 40 heavy (non-hydrogen) atoms. The SMILES string of the molecule is COc1ncnc(C2CC2)c1-c1nc(NCc2ccc(-c3nc(C(F)(F)F)cn3C)cc2)c2c(n1)C(F)(F)CC2. The van der Waals surface area contributed by atoms with Crippen LogP contribution in [0.3, 0.4) is 0 Å². The summed E-state index contributed by atoms with van der Waals surface area (Å²) in [6, 6.07) is 6.80. The van der Waals surface area contributed by atoms with Crippen molar-refractivity contribution >= 4 is 5.82 Å². The van der Waals surface area contributed by atoms with Crippen molar-refractivity contribution in [2.24, 2.45) is 7.05 Å². The van der Waals surface area contributed by atoms with Crippen molar-refractivity contribution < 1.29 is 26.7 Å². The Balaban J connectivity index is 1.31. The maximum Gasteiger partial charge on any atom is 0.434 e. The Morgan fingerprint density at radius 3 is 2.48 bits per heavy atom. The van der Waals surface area contributed by atoms with Gasteiger partial charge in [0.2, 0.25) is 5.88 Å². The molecule has 1 fully saturated rings. The van der Waals surface area contributed by atoms with Crippen LogP contribution in [0.2, 0.25) is 0 Å². The van der Waals surface area contributed by atoms with Crippen LogP contribution in [0.5, 0.6) is 5.88 Å². The summed E-state index contributed by atoms with van der Waals surface area (Å²) in [5.74, 6) is -2.17. The normalized spacial score (nSPS) is 16.2. The van der Waals surface area contributed by atoms with Crippen LogP contribution in [-0.2, 0) is 32.1 Å². The number of alkyl halides is 5. The number of benzene rings is 1. The highest BCUT2D eigenvalue weighted by molar-refractivity contribution is 5.69. The number of nitrogens with zero attached hydrogens (tertiary/aromatic N) is 6. The Morgan fingerprint density at radius 2 is 1.82 bits per heavy atom. The molecule has 2 aliphatic carbocycles. The zero-order valence-corrected chi connectivity index (χ0v) is 21.6. The fourth-order valence-corrected chi connectivity index (χ4v) is 4.92. The van der Waals surface area contributed by atoms with E-state index >= 15 is 0 Å². The van der Waals surface area contributed by atoms with Gasteiger partial charge in [0.15, 0.2) is 11.5 Å². The lowest BCUT2D eigenvalue weighted by molar-refractivity contribution is -0.140. The average Bonchev–Trinajstić information content (AvgIpc) is 3.63. The van der Waals surface area contributed by atoms with Crippen molar-refractivity contribution in [2.45, 2.75) is 50.2 Å². The standard InChI is InChI=1S/C27H24F5N7O/c1-39-12-18(27(30,31)32)36-24(39)16-5-3-14(4-6-16)11-33-22-17-9-10-26(28,29)21(17)37-23(38-22)19-20(15-7-8-15)34-13-35-25(19)40-2/h3-6,12-13,15H,7-11H2,1-2H3,(H,33,37,38). The molecule has 1 aromatic carbocycles. The Kier molecular flexibility index (Phi) is 6.19. The van der Waals surface area contributed by atoms with Gasteiger partial charge < -0.3 is 14.6 Å². The first-order valence-corrected chi connectivity index (χ1v) is 12.7. The highest BCUT2D eigenvalue weighted by atomic mass is 19.4. The van der Waals surface area contributed by atoms with Gasteiger partial charge in [0.1, 0.15) is 29.2 Å². The van der Waals surface area contributed by atoms with Gasteiger partial charge in [-0.3, -0.25) is 0 Å². The van der Waals surface area contributed by atoms with Crippen LogP contribution >= 0.6 is 0 Å². The minimum absolute atomic E-state index is 0.0766. The number of methoxy groups -OCH3 is 1. The van der Waals surface area contributed by atoms with Crippen molar-refractivity contribution in [3.8, 4) is 28.7 Å². The number of fused-ring (bicyclic) bond motifs is 1. The number of nitrogens with one attached hydrogen (secondary N) is 1. The zero-order chi connectivity index (χ0) is 28.2. The zero-order valence-electron chi connectivity index (χ0n) is 21.6. The molecule has 0 radical (unpaired) electrons. The highest BCUT2D eigenvalue weighted by Crippen LogP contribution is 2.47. The third-order valence-electron chi connectivity index (χ3n) is 7.10. The molecule has 3 aromatic heterocycles. The van der Waals surface area contributed by atoms with Crippen molar-refractivity contribution in [3.63, 3.8) is 0 Å². The van der Waals surface area contributed by atoms with Gasteiger partial charge in [-0.15, -0.1) is 0 Å². The Hall–Kier alpha value is -4.16. The van der Waals surface area contributed by atoms with Gasteiger partial charge in [0, 0.05) is 43.3 Å². The van der Waals surface area contributed by atoms with Crippen molar-refractivity contribution in [1.82, 2.24) is 29.5 Å². The summed E-state index contributed by atoms with van der Waals surface area (Å²) in [6.45, 7) is 0.237. The van der Waals surface area contributed by atoms with E-state index < -0.39 is 17.8 Å². The van der Waals surface area contributed by atoms with E-state index in [0.29, 0.717) is 22.4 Å². The van der Waals surface area contributed by atoms with Gasteiger partial charge in [-0.2, -0.15) is 22.0 Å². The second kappa shape index (κ2) is 9.49. The Morgan fingerprint density at radius 1 is 1.07 bits per heavy atom. The van der Waals surface area contributed by atoms with Crippen molar-refractivity contribution in [1.29, 1.82) is 0 Å². The highest BCUT2D eigenvalue weighted by Gasteiger charge is 2.44. The van der Waals surface area contributed by atoms with Crippen LogP contribution < -0.4 is 10.1 Å². The van der Waals surface area contributed by atoms with E-state index in [-0.39, 0.29) is 54.3 Å². The molecule has 6 rings (SSSR count). The first kappa shape index (κ1) is 26.1. The van der Waals surface area contributed by atoms with Crippen LogP contribution in [0.4, 0.5) is 27.8 Å². The number of hydrogen-bond acceptors (Lipinski definition) is 7. The number of hydrogen-bond donors (Lipinski definition) is 1. The van der Waals surface area contributed by atoms with E-state index in [1.54, 1.807) is 24.3 Å². The molecule has 0 saturated heterocycles. The van der Waals surface area contributed by atoms with Crippen LogP contribution in [0.1, 0.15) is 53.4 Å². The predicted octanol–water partition coefficient (Wildman–Crippen LogP) is 5.89. The largest absolute Gasteiger partial charge is 0.480 e. The third-order valence-corrected chi connectivity index (χ3v) is 7.10. The number of aromatic nitrogens is 6. The maximum atomic E-state index is 14.9. The molecule has 1 saturated carbocycles. The number of imidazole rings is 1. The lowest BCUT2D eigenvalue weighted by Gasteiger charge is -2.16. The fourth-order valence-electron chi connectivity index (χ4n) is 4.92. The van der Waals surface area contributed by atoms with Gasteiger partial charge >= 0.3 is 6.18 Å². The van der Waals surface area contributed by atoms with E-state index in [1.165, 1.54) is 25.1 Å². The maximum absolute atomic E-state index is 14.9. The Bertz CT molecular complexity index is 1580. The summed E-state index contributed by atoms with van der Waals surface area (Å²) in [4.78, 5) is 21.2.